The molecule has 0 saturated heterocycles. The van der Waals surface area contributed by atoms with E-state index in [2.05, 4.69) is 18.9 Å². The molecule has 1 aromatic heterocycles. The maximum Gasteiger partial charge on any atom is 0.131 e. The number of aromatic nitrogens is 2. The zero-order chi connectivity index (χ0) is 17.0. The van der Waals surface area contributed by atoms with Crippen LogP contribution in [0.3, 0.4) is 0 Å². The molecule has 122 valence electrons. The van der Waals surface area contributed by atoms with Crippen molar-refractivity contribution in [3.63, 3.8) is 0 Å². The molecule has 0 atom stereocenters. The summed E-state index contributed by atoms with van der Waals surface area (Å²) in [5.41, 5.74) is 0.966. The van der Waals surface area contributed by atoms with Crippen molar-refractivity contribution in [2.45, 2.75) is 39.8 Å². The van der Waals surface area contributed by atoms with Crippen molar-refractivity contribution < 1.29 is 4.39 Å². The van der Waals surface area contributed by atoms with Crippen molar-refractivity contribution in [2.24, 2.45) is 7.05 Å². The van der Waals surface area contributed by atoms with E-state index in [1.807, 2.05) is 55.7 Å². The first-order valence-electron chi connectivity index (χ1n) is 8.09. The van der Waals surface area contributed by atoms with E-state index in [0.29, 0.717) is 5.56 Å². The molecular formula is C20H25FN2. The largest absolute Gasteiger partial charge is 0.275 e. The third-order valence-corrected chi connectivity index (χ3v) is 3.54. The van der Waals surface area contributed by atoms with Crippen LogP contribution in [-0.2, 0) is 12.7 Å². The molecule has 3 heteroatoms. The zero-order valence-corrected chi connectivity index (χ0v) is 14.6. The fraction of sp³-hybridized carbons (Fsp3) is 0.350. The van der Waals surface area contributed by atoms with E-state index in [1.165, 1.54) is 6.42 Å². The highest BCUT2D eigenvalue weighted by molar-refractivity contribution is 5.97. The number of fused-ring (bicyclic) bond motifs is 1. The first kappa shape index (κ1) is 17.2. The van der Waals surface area contributed by atoms with E-state index >= 15 is 0 Å². The van der Waals surface area contributed by atoms with Crippen LogP contribution in [0.5, 0.6) is 0 Å². The molecule has 0 amide bonds. The van der Waals surface area contributed by atoms with Crippen LogP contribution in [0.15, 0.2) is 48.7 Å². The van der Waals surface area contributed by atoms with Gasteiger partial charge in [-0.3, -0.25) is 4.68 Å². The number of nitrogens with zero attached hydrogens (tertiary/aromatic N) is 2. The Morgan fingerprint density at radius 2 is 1.70 bits per heavy atom. The Hall–Kier alpha value is -2.16. The second kappa shape index (κ2) is 6.95. The Bertz CT molecular complexity index is 782. The minimum atomic E-state index is -1.41. The minimum Gasteiger partial charge on any atom is -0.275 e. The normalized spacial score (nSPS) is 11.2. The molecule has 0 spiro atoms. The predicted octanol–water partition coefficient (Wildman–Crippen LogP) is 5.86. The summed E-state index contributed by atoms with van der Waals surface area (Å²) >= 11 is 0. The molecular weight excluding hydrogens is 287 g/mol. The lowest BCUT2D eigenvalue weighted by atomic mass is 9.89. The molecule has 0 aliphatic heterocycles. The highest BCUT2D eigenvalue weighted by Crippen LogP contribution is 2.38. The Morgan fingerprint density at radius 1 is 1.04 bits per heavy atom. The van der Waals surface area contributed by atoms with Gasteiger partial charge in [0.25, 0.3) is 0 Å². The predicted molar refractivity (Wildman–Crippen MR) is 96.2 cm³/mol. The number of rotatable bonds is 2. The summed E-state index contributed by atoms with van der Waals surface area (Å²) < 4.78 is 16.3. The fourth-order valence-electron chi connectivity index (χ4n) is 2.59. The lowest BCUT2D eigenvalue weighted by molar-refractivity contribution is 0.222. The molecule has 0 aliphatic carbocycles. The van der Waals surface area contributed by atoms with Crippen LogP contribution in [0.25, 0.3) is 22.0 Å². The molecule has 0 N–H and O–H groups in total. The highest BCUT2D eigenvalue weighted by Gasteiger charge is 2.25. The van der Waals surface area contributed by atoms with Crippen LogP contribution in [0.1, 0.15) is 39.7 Å². The van der Waals surface area contributed by atoms with Crippen molar-refractivity contribution in [2.75, 3.05) is 0 Å². The van der Waals surface area contributed by atoms with Crippen LogP contribution in [0.2, 0.25) is 0 Å². The van der Waals surface area contributed by atoms with Gasteiger partial charge in [-0.1, -0.05) is 56.7 Å². The fourth-order valence-corrected chi connectivity index (χ4v) is 2.59. The van der Waals surface area contributed by atoms with Crippen molar-refractivity contribution in [3.05, 3.63) is 54.2 Å². The summed E-state index contributed by atoms with van der Waals surface area (Å²) in [6, 6.07) is 13.8. The number of alkyl halides is 1. The van der Waals surface area contributed by atoms with Crippen LogP contribution in [0, 0.1) is 0 Å². The quantitative estimate of drug-likeness (QED) is 0.579. The smallest absolute Gasteiger partial charge is 0.131 e. The Kier molecular flexibility index (Phi) is 5.19. The molecule has 0 fully saturated rings. The van der Waals surface area contributed by atoms with E-state index in [1.54, 1.807) is 18.5 Å². The highest BCUT2D eigenvalue weighted by atomic mass is 19.1. The summed E-state index contributed by atoms with van der Waals surface area (Å²) in [4.78, 5) is 0. The van der Waals surface area contributed by atoms with E-state index in [4.69, 9.17) is 0 Å². The van der Waals surface area contributed by atoms with Gasteiger partial charge in [-0.25, -0.2) is 4.39 Å². The molecule has 2 nitrogen and oxygen atoms in total. The molecule has 3 rings (SSSR count). The van der Waals surface area contributed by atoms with Gasteiger partial charge in [0, 0.05) is 18.8 Å². The van der Waals surface area contributed by atoms with Gasteiger partial charge in [-0.05, 0) is 36.2 Å². The van der Waals surface area contributed by atoms with Gasteiger partial charge in [0.2, 0.25) is 0 Å². The summed E-state index contributed by atoms with van der Waals surface area (Å²) in [5, 5.41) is 6.59. The molecule has 3 aromatic rings. The molecule has 23 heavy (non-hydrogen) atoms. The van der Waals surface area contributed by atoms with Crippen molar-refractivity contribution in [3.8, 4) is 11.3 Å². The number of hydrogen-bond acceptors (Lipinski definition) is 1. The molecule has 0 radical (unpaired) electrons. The molecule has 2 aromatic carbocycles. The molecule has 0 unspecified atom stereocenters. The van der Waals surface area contributed by atoms with Crippen molar-refractivity contribution in [1.29, 1.82) is 0 Å². The Balaban J connectivity index is 0.000000595. The number of halogens is 1. The maximum atomic E-state index is 14.6. The Morgan fingerprint density at radius 3 is 2.26 bits per heavy atom. The summed E-state index contributed by atoms with van der Waals surface area (Å²) in [6.45, 7) is 7.42. The second-order valence-electron chi connectivity index (χ2n) is 6.26. The summed E-state index contributed by atoms with van der Waals surface area (Å²) in [7, 11) is 1.87. The van der Waals surface area contributed by atoms with Gasteiger partial charge in [-0.2, -0.15) is 5.10 Å². The minimum absolute atomic E-state index is 0.676. The lowest BCUT2D eigenvalue weighted by Crippen LogP contribution is -2.11. The standard InChI is InChI=1S/C17H17FN2.C3H8/c1-17(2,18)14-9-8-12-6-4-5-7-13(12)16(14)15-10-11-20(3)19-15;1-3-2/h4-11H,1-3H3;3H2,1-2H3. The van der Waals surface area contributed by atoms with Crippen LogP contribution < -0.4 is 0 Å². The monoisotopic (exact) mass is 312 g/mol. The average molecular weight is 312 g/mol. The first-order chi connectivity index (χ1) is 10.9. The summed E-state index contributed by atoms with van der Waals surface area (Å²) in [5.74, 6) is 0. The van der Waals surface area contributed by atoms with Gasteiger partial charge < -0.3 is 0 Å². The van der Waals surface area contributed by atoms with Crippen molar-refractivity contribution in [1.82, 2.24) is 9.78 Å². The molecule has 1 heterocycles. The lowest BCUT2D eigenvalue weighted by Gasteiger charge is -2.20. The number of aryl methyl sites for hydroxylation is 1. The van der Waals surface area contributed by atoms with E-state index in [-0.39, 0.29) is 0 Å². The van der Waals surface area contributed by atoms with Gasteiger partial charge in [-0.15, -0.1) is 0 Å². The van der Waals surface area contributed by atoms with E-state index in [9.17, 15) is 4.39 Å². The average Bonchev–Trinajstić information content (AvgIpc) is 2.92. The zero-order valence-electron chi connectivity index (χ0n) is 14.6. The topological polar surface area (TPSA) is 17.8 Å². The van der Waals surface area contributed by atoms with Crippen LogP contribution in [0.4, 0.5) is 4.39 Å². The molecule has 0 saturated carbocycles. The van der Waals surface area contributed by atoms with E-state index in [0.717, 1.165) is 22.0 Å². The first-order valence-corrected chi connectivity index (χ1v) is 8.09. The maximum absolute atomic E-state index is 14.6. The third kappa shape index (κ3) is 3.79. The third-order valence-electron chi connectivity index (χ3n) is 3.54. The van der Waals surface area contributed by atoms with Crippen molar-refractivity contribution >= 4 is 10.8 Å². The summed E-state index contributed by atoms with van der Waals surface area (Å²) in [6.07, 6.45) is 3.13. The van der Waals surface area contributed by atoms with Crippen LogP contribution in [-0.4, -0.2) is 9.78 Å². The van der Waals surface area contributed by atoms with Gasteiger partial charge >= 0.3 is 0 Å². The SMILES string of the molecule is CCC.Cn1ccc(-c2c(C(C)(C)F)ccc3ccccc23)n1. The Labute approximate surface area is 138 Å². The molecule has 0 aliphatic rings. The van der Waals surface area contributed by atoms with Gasteiger partial charge in [0.05, 0.1) is 5.69 Å². The van der Waals surface area contributed by atoms with Crippen LogP contribution >= 0.6 is 0 Å². The number of benzene rings is 2. The van der Waals surface area contributed by atoms with Gasteiger partial charge in [0.1, 0.15) is 5.67 Å². The second-order valence-corrected chi connectivity index (χ2v) is 6.26. The molecule has 0 bridgehead atoms. The number of hydrogen-bond donors (Lipinski definition) is 0. The van der Waals surface area contributed by atoms with E-state index < -0.39 is 5.67 Å². The van der Waals surface area contributed by atoms with Gasteiger partial charge in [0.15, 0.2) is 0 Å².